The van der Waals surface area contributed by atoms with Crippen LogP contribution in [-0.2, 0) is 15.5 Å². The van der Waals surface area contributed by atoms with E-state index in [1.54, 1.807) is 0 Å². The number of benzene rings is 1. The highest BCUT2D eigenvalue weighted by Gasteiger charge is 2.33. The molecule has 0 fully saturated rings. The van der Waals surface area contributed by atoms with Gasteiger partial charge in [0, 0.05) is 0 Å². The highest BCUT2D eigenvalue weighted by Crippen LogP contribution is 2.36. The van der Waals surface area contributed by atoms with Gasteiger partial charge in [0.25, 0.3) is 0 Å². The van der Waals surface area contributed by atoms with Crippen LogP contribution in [0.5, 0.6) is 0 Å². The Balaban J connectivity index is 2.92. The van der Waals surface area contributed by atoms with Gasteiger partial charge in [0.15, 0.2) is 0 Å². The Morgan fingerprint density at radius 2 is 1.86 bits per heavy atom. The van der Waals surface area contributed by atoms with E-state index in [2.05, 4.69) is 9.37 Å². The third kappa shape index (κ3) is 2.88. The molecule has 1 aromatic rings. The molecule has 78 valence electrons. The van der Waals surface area contributed by atoms with E-state index < -0.39 is 11.7 Å². The minimum absolute atomic E-state index is 0.186. The lowest BCUT2D eigenvalue weighted by Gasteiger charge is -2.09. The van der Waals surface area contributed by atoms with Crippen LogP contribution in [0.4, 0.5) is 13.2 Å². The molecule has 0 aliphatic rings. The standard InChI is InChI=1S/C7H5F3O3S/c8-7(9,10)5-3-1-2-4-6(5)14-13-12-11/h1-4,11H. The van der Waals surface area contributed by atoms with Gasteiger partial charge in [-0.15, -0.1) is 4.33 Å². The Morgan fingerprint density at radius 3 is 2.43 bits per heavy atom. The molecule has 0 bridgehead atoms. The summed E-state index contributed by atoms with van der Waals surface area (Å²) in [6.07, 6.45) is -4.46. The van der Waals surface area contributed by atoms with Crippen molar-refractivity contribution in [3.63, 3.8) is 0 Å². The first-order chi connectivity index (χ1) is 6.55. The predicted molar refractivity (Wildman–Crippen MR) is 42.1 cm³/mol. The maximum Gasteiger partial charge on any atom is 0.417 e. The van der Waals surface area contributed by atoms with Gasteiger partial charge in [-0.3, -0.25) is 0 Å². The molecule has 14 heavy (non-hydrogen) atoms. The van der Waals surface area contributed by atoms with Crippen LogP contribution in [0.2, 0.25) is 0 Å². The first-order valence-corrected chi connectivity index (χ1v) is 4.11. The largest absolute Gasteiger partial charge is 0.417 e. The molecule has 7 heteroatoms. The highest BCUT2D eigenvalue weighted by molar-refractivity contribution is 7.94. The van der Waals surface area contributed by atoms with Gasteiger partial charge in [0.2, 0.25) is 0 Å². The van der Waals surface area contributed by atoms with E-state index in [-0.39, 0.29) is 16.9 Å². The summed E-state index contributed by atoms with van der Waals surface area (Å²) in [6, 6.07) is 4.78. The van der Waals surface area contributed by atoms with Crippen molar-refractivity contribution < 1.29 is 27.8 Å². The van der Waals surface area contributed by atoms with Gasteiger partial charge in [-0.25, -0.2) is 5.26 Å². The van der Waals surface area contributed by atoms with E-state index in [1.165, 1.54) is 18.2 Å². The van der Waals surface area contributed by atoms with E-state index in [9.17, 15) is 13.2 Å². The molecule has 3 nitrogen and oxygen atoms in total. The minimum Gasteiger partial charge on any atom is -0.220 e. The fourth-order valence-electron chi connectivity index (χ4n) is 0.825. The van der Waals surface area contributed by atoms with E-state index >= 15 is 0 Å². The Bertz CT molecular complexity index is 302. The van der Waals surface area contributed by atoms with Crippen LogP contribution in [0, 0.1) is 0 Å². The molecular weight excluding hydrogens is 221 g/mol. The maximum atomic E-state index is 12.3. The molecule has 0 amide bonds. The van der Waals surface area contributed by atoms with E-state index in [0.717, 1.165) is 6.07 Å². The number of halogens is 3. The lowest BCUT2D eigenvalue weighted by atomic mass is 10.2. The van der Waals surface area contributed by atoms with E-state index in [0.29, 0.717) is 0 Å². The molecule has 0 atom stereocenters. The van der Waals surface area contributed by atoms with Crippen LogP contribution in [0.25, 0.3) is 0 Å². The zero-order valence-electron chi connectivity index (χ0n) is 6.62. The Hall–Kier alpha value is -0.760. The van der Waals surface area contributed by atoms with Crippen LogP contribution >= 0.6 is 12.0 Å². The molecule has 1 aromatic carbocycles. The quantitative estimate of drug-likeness (QED) is 0.488. The third-order valence-corrected chi connectivity index (χ3v) is 2.01. The van der Waals surface area contributed by atoms with Crippen LogP contribution in [0.1, 0.15) is 5.56 Å². The Labute approximate surface area is 81.5 Å². The fraction of sp³-hybridized carbons (Fsp3) is 0.143. The SMILES string of the molecule is OOOSc1ccccc1C(F)(F)F. The van der Waals surface area contributed by atoms with Crippen molar-refractivity contribution in [2.75, 3.05) is 0 Å². The summed E-state index contributed by atoms with van der Waals surface area (Å²) in [7, 11) is 0. The molecule has 0 saturated heterocycles. The molecular formula is C7H5F3O3S. The van der Waals surface area contributed by atoms with E-state index in [1.807, 2.05) is 0 Å². The second-order valence-corrected chi connectivity index (χ2v) is 2.96. The van der Waals surface area contributed by atoms with Crippen molar-refractivity contribution in [1.82, 2.24) is 0 Å². The predicted octanol–water partition coefficient (Wildman–Crippen LogP) is 3.13. The summed E-state index contributed by atoms with van der Waals surface area (Å²) in [5.41, 5.74) is -0.845. The van der Waals surface area contributed by atoms with Gasteiger partial charge in [-0.1, -0.05) is 17.2 Å². The minimum atomic E-state index is -4.46. The molecule has 0 aliphatic carbocycles. The normalized spacial score (nSPS) is 11.7. The molecule has 0 aromatic heterocycles. The second-order valence-electron chi connectivity index (χ2n) is 2.22. The van der Waals surface area contributed by atoms with Crippen LogP contribution in [-0.4, -0.2) is 5.26 Å². The van der Waals surface area contributed by atoms with Crippen molar-refractivity contribution in [3.05, 3.63) is 29.8 Å². The molecule has 1 N–H and O–H groups in total. The van der Waals surface area contributed by atoms with Gasteiger partial charge in [0.1, 0.15) is 0 Å². The summed E-state index contributed by atoms with van der Waals surface area (Å²) in [4.78, 5) is -0.186. The van der Waals surface area contributed by atoms with Crippen molar-refractivity contribution in [1.29, 1.82) is 0 Å². The second kappa shape index (κ2) is 4.65. The number of rotatable bonds is 3. The average molecular weight is 226 g/mol. The lowest BCUT2D eigenvalue weighted by molar-refractivity contribution is -0.432. The summed E-state index contributed by atoms with van der Waals surface area (Å²) < 4.78 is 40.8. The van der Waals surface area contributed by atoms with E-state index in [4.69, 9.17) is 5.26 Å². The molecule has 0 saturated carbocycles. The molecule has 0 spiro atoms. The summed E-state index contributed by atoms with van der Waals surface area (Å²) in [5.74, 6) is 0. The third-order valence-electron chi connectivity index (χ3n) is 1.35. The van der Waals surface area contributed by atoms with Gasteiger partial charge < -0.3 is 0 Å². The van der Waals surface area contributed by atoms with Crippen molar-refractivity contribution in [2.24, 2.45) is 0 Å². The van der Waals surface area contributed by atoms with Crippen LogP contribution in [0.3, 0.4) is 0 Å². The molecule has 1 rings (SSSR count). The maximum absolute atomic E-state index is 12.3. The lowest BCUT2D eigenvalue weighted by Crippen LogP contribution is -2.06. The summed E-state index contributed by atoms with van der Waals surface area (Å²) in [5, 5.41) is 11.0. The Morgan fingerprint density at radius 1 is 1.21 bits per heavy atom. The number of hydrogen-bond acceptors (Lipinski definition) is 4. The van der Waals surface area contributed by atoms with Gasteiger partial charge in [-0.05, 0) is 12.1 Å². The van der Waals surface area contributed by atoms with Crippen molar-refractivity contribution >= 4 is 12.0 Å². The topological polar surface area (TPSA) is 38.7 Å². The monoisotopic (exact) mass is 226 g/mol. The van der Waals surface area contributed by atoms with Gasteiger partial charge in [0.05, 0.1) is 22.5 Å². The van der Waals surface area contributed by atoms with Crippen molar-refractivity contribution in [3.8, 4) is 0 Å². The number of alkyl halides is 3. The zero-order chi connectivity index (χ0) is 10.6. The summed E-state index contributed by atoms with van der Waals surface area (Å²) in [6.45, 7) is 0. The van der Waals surface area contributed by atoms with Crippen LogP contribution < -0.4 is 0 Å². The molecule has 0 radical (unpaired) electrons. The van der Waals surface area contributed by atoms with Gasteiger partial charge in [-0.2, -0.15) is 13.2 Å². The Kier molecular flexibility index (Phi) is 3.76. The molecule has 0 unspecified atom stereocenters. The summed E-state index contributed by atoms with van der Waals surface area (Å²) >= 11 is 0.282. The first-order valence-electron chi connectivity index (χ1n) is 3.36. The van der Waals surface area contributed by atoms with Gasteiger partial charge >= 0.3 is 6.18 Å². The average Bonchev–Trinajstić information content (AvgIpc) is 2.14. The smallest absolute Gasteiger partial charge is 0.220 e. The van der Waals surface area contributed by atoms with Crippen LogP contribution in [0.15, 0.2) is 29.2 Å². The zero-order valence-corrected chi connectivity index (χ0v) is 7.43. The highest BCUT2D eigenvalue weighted by atomic mass is 32.2. The fourth-order valence-corrected chi connectivity index (χ4v) is 1.34. The van der Waals surface area contributed by atoms with Crippen molar-refractivity contribution in [2.45, 2.75) is 11.1 Å². The first kappa shape index (κ1) is 11.3. The number of hydrogen-bond donors (Lipinski definition) is 1. The molecule has 0 aliphatic heterocycles. The molecule has 0 heterocycles.